The Kier molecular flexibility index (Phi) is 8.14. The van der Waals surface area contributed by atoms with Gasteiger partial charge in [0, 0.05) is 12.8 Å². The van der Waals surface area contributed by atoms with Crippen LogP contribution in [-0.2, 0) is 27.1 Å². The molecular weight excluding hydrogens is 380 g/mol. The molecule has 3 unspecified atom stereocenters. The van der Waals surface area contributed by atoms with Crippen molar-refractivity contribution in [1.29, 1.82) is 0 Å². The summed E-state index contributed by atoms with van der Waals surface area (Å²) >= 11 is 0. The molecule has 2 aliphatic heterocycles. The summed E-state index contributed by atoms with van der Waals surface area (Å²) < 4.78 is 16.9. The number of aliphatic hydroxyl groups is 2. The summed E-state index contributed by atoms with van der Waals surface area (Å²) in [6, 6.07) is 8.77. The van der Waals surface area contributed by atoms with Crippen LogP contribution in [0.1, 0.15) is 51.2 Å². The minimum Gasteiger partial charge on any atom is -0.461 e. The van der Waals surface area contributed by atoms with Crippen LogP contribution in [0.5, 0.6) is 0 Å². The summed E-state index contributed by atoms with van der Waals surface area (Å²) in [4.78, 5) is 0. The molecule has 0 amide bonds. The fourth-order valence-corrected chi connectivity index (χ4v) is 3.99. The van der Waals surface area contributed by atoms with Crippen molar-refractivity contribution in [3.05, 3.63) is 70.2 Å². The van der Waals surface area contributed by atoms with Gasteiger partial charge in [-0.3, -0.25) is 0 Å². The van der Waals surface area contributed by atoms with Crippen molar-refractivity contribution in [1.82, 2.24) is 0 Å². The molecule has 1 aromatic carbocycles. The molecule has 30 heavy (non-hydrogen) atoms. The molecule has 0 bridgehead atoms. The molecule has 0 spiro atoms. The van der Waals surface area contributed by atoms with E-state index in [0.29, 0.717) is 12.8 Å². The first-order valence-electron chi connectivity index (χ1n) is 10.8. The summed E-state index contributed by atoms with van der Waals surface area (Å²) in [6.45, 7) is 6.41. The smallest absolute Gasteiger partial charge is 0.230 e. The van der Waals surface area contributed by atoms with Gasteiger partial charge in [-0.15, -0.1) is 0 Å². The Labute approximate surface area is 179 Å². The summed E-state index contributed by atoms with van der Waals surface area (Å²) in [6.07, 6.45) is 6.80. The molecule has 0 aromatic heterocycles. The predicted molar refractivity (Wildman–Crippen MR) is 117 cm³/mol. The van der Waals surface area contributed by atoms with Crippen LogP contribution in [0.25, 0.3) is 0 Å². The minimum absolute atomic E-state index is 0.0786. The van der Waals surface area contributed by atoms with Gasteiger partial charge in [0.05, 0.1) is 24.9 Å². The predicted octanol–water partition coefficient (Wildman–Crippen LogP) is 4.19. The average molecular weight is 415 g/mol. The standard InChI is InChI=1S/C25H34O5/c1-4-5-19-6-8-20(9-7-19)11-21(18(3)25-15-28-16-29-25)10-17(2)24-13-22(27)12-23(14-26)30-24/h6-10,15,22-24,26-27H,4-5,11-14,16H2,1-3H3/b17-10+,21-18+. The maximum atomic E-state index is 10.2. The van der Waals surface area contributed by atoms with E-state index in [2.05, 4.69) is 37.3 Å². The highest BCUT2D eigenvalue weighted by molar-refractivity contribution is 5.41. The SMILES string of the molecule is CCCc1ccc(CC(/C=C(\C)C2CC(O)CC(CO)O2)=C(\C)C2=COCO2)cc1. The van der Waals surface area contributed by atoms with Gasteiger partial charge in [-0.2, -0.15) is 0 Å². The lowest BCUT2D eigenvalue weighted by Crippen LogP contribution is -2.38. The number of rotatable bonds is 8. The molecule has 0 saturated carbocycles. The zero-order chi connectivity index (χ0) is 21.5. The van der Waals surface area contributed by atoms with Crippen molar-refractivity contribution in [2.75, 3.05) is 13.4 Å². The Balaban J connectivity index is 1.85. The topological polar surface area (TPSA) is 68.2 Å². The molecule has 164 valence electrons. The van der Waals surface area contributed by atoms with Crippen molar-refractivity contribution in [3.8, 4) is 0 Å². The number of hydrogen-bond donors (Lipinski definition) is 2. The quantitative estimate of drug-likeness (QED) is 0.625. The number of allylic oxidation sites excluding steroid dienone is 3. The monoisotopic (exact) mass is 414 g/mol. The van der Waals surface area contributed by atoms with Gasteiger partial charge in [0.1, 0.15) is 6.26 Å². The van der Waals surface area contributed by atoms with Crippen LogP contribution >= 0.6 is 0 Å². The molecule has 1 fully saturated rings. The van der Waals surface area contributed by atoms with Gasteiger partial charge in [0.15, 0.2) is 5.76 Å². The van der Waals surface area contributed by atoms with E-state index in [0.717, 1.165) is 41.7 Å². The highest BCUT2D eigenvalue weighted by Crippen LogP contribution is 2.28. The highest BCUT2D eigenvalue weighted by Gasteiger charge is 2.29. The van der Waals surface area contributed by atoms with Gasteiger partial charge in [-0.05, 0) is 54.5 Å². The van der Waals surface area contributed by atoms with Crippen LogP contribution < -0.4 is 0 Å². The third-order valence-corrected chi connectivity index (χ3v) is 5.77. The number of aryl methyl sites for hydroxylation is 1. The van der Waals surface area contributed by atoms with E-state index in [4.69, 9.17) is 14.2 Å². The van der Waals surface area contributed by atoms with E-state index in [1.54, 1.807) is 6.26 Å². The molecule has 3 rings (SSSR count). The molecule has 2 N–H and O–H groups in total. The van der Waals surface area contributed by atoms with E-state index in [1.165, 1.54) is 11.1 Å². The van der Waals surface area contributed by atoms with Crippen LogP contribution in [0.15, 0.2) is 59.1 Å². The molecule has 0 aliphatic carbocycles. The largest absolute Gasteiger partial charge is 0.461 e. The Hall–Kier alpha value is -2.08. The zero-order valence-electron chi connectivity index (χ0n) is 18.3. The fraction of sp³-hybridized carbons (Fsp3) is 0.520. The maximum Gasteiger partial charge on any atom is 0.230 e. The second kappa shape index (κ2) is 10.8. The first-order chi connectivity index (χ1) is 14.5. The lowest BCUT2D eigenvalue weighted by molar-refractivity contribution is -0.0974. The molecule has 1 saturated heterocycles. The zero-order valence-corrected chi connectivity index (χ0v) is 18.3. The lowest BCUT2D eigenvalue weighted by atomic mass is 9.92. The van der Waals surface area contributed by atoms with E-state index in [1.807, 2.05) is 13.8 Å². The number of ether oxygens (including phenoxy) is 3. The normalized spacial score (nSPS) is 25.3. The Bertz CT molecular complexity index is 790. The van der Waals surface area contributed by atoms with Crippen molar-refractivity contribution in [3.63, 3.8) is 0 Å². The second-order valence-corrected chi connectivity index (χ2v) is 8.25. The highest BCUT2D eigenvalue weighted by atomic mass is 16.7. The van der Waals surface area contributed by atoms with Gasteiger partial charge in [-0.1, -0.05) is 43.7 Å². The van der Waals surface area contributed by atoms with Crippen LogP contribution in [0, 0.1) is 0 Å². The summed E-state index contributed by atoms with van der Waals surface area (Å²) in [5.74, 6) is 0.745. The Morgan fingerprint density at radius 1 is 1.13 bits per heavy atom. The molecule has 5 nitrogen and oxygen atoms in total. The lowest BCUT2D eigenvalue weighted by Gasteiger charge is -2.33. The fourth-order valence-electron chi connectivity index (χ4n) is 3.99. The third kappa shape index (κ3) is 5.97. The van der Waals surface area contributed by atoms with E-state index in [-0.39, 0.29) is 25.6 Å². The summed E-state index contributed by atoms with van der Waals surface area (Å²) in [5, 5.41) is 19.6. The first-order valence-corrected chi connectivity index (χ1v) is 10.8. The Morgan fingerprint density at radius 2 is 1.87 bits per heavy atom. The van der Waals surface area contributed by atoms with Crippen molar-refractivity contribution < 1.29 is 24.4 Å². The Morgan fingerprint density at radius 3 is 2.50 bits per heavy atom. The average Bonchev–Trinajstić information content (AvgIpc) is 3.28. The molecule has 2 aliphatic rings. The van der Waals surface area contributed by atoms with Crippen LogP contribution in [0.2, 0.25) is 0 Å². The van der Waals surface area contributed by atoms with E-state index in [9.17, 15) is 10.2 Å². The van der Waals surface area contributed by atoms with Crippen LogP contribution in [0.3, 0.4) is 0 Å². The number of hydrogen-bond acceptors (Lipinski definition) is 5. The van der Waals surface area contributed by atoms with Crippen LogP contribution in [0.4, 0.5) is 0 Å². The molecule has 5 heteroatoms. The minimum atomic E-state index is -0.460. The number of aliphatic hydroxyl groups excluding tert-OH is 2. The van der Waals surface area contributed by atoms with Crippen molar-refractivity contribution in [2.24, 2.45) is 0 Å². The first kappa shape index (κ1) is 22.6. The van der Waals surface area contributed by atoms with Crippen molar-refractivity contribution >= 4 is 0 Å². The van der Waals surface area contributed by atoms with Crippen LogP contribution in [-0.4, -0.2) is 41.9 Å². The molecule has 1 aromatic rings. The number of benzene rings is 1. The molecule has 2 heterocycles. The third-order valence-electron chi connectivity index (χ3n) is 5.77. The maximum absolute atomic E-state index is 10.2. The second-order valence-electron chi connectivity index (χ2n) is 8.25. The molecule has 0 radical (unpaired) electrons. The van der Waals surface area contributed by atoms with Gasteiger partial charge < -0.3 is 24.4 Å². The molecular formula is C25H34O5. The summed E-state index contributed by atoms with van der Waals surface area (Å²) in [5.41, 5.74) is 5.76. The van der Waals surface area contributed by atoms with Gasteiger partial charge in [-0.25, -0.2) is 0 Å². The van der Waals surface area contributed by atoms with E-state index >= 15 is 0 Å². The van der Waals surface area contributed by atoms with E-state index < -0.39 is 6.10 Å². The molecule has 3 atom stereocenters. The van der Waals surface area contributed by atoms with Gasteiger partial charge >= 0.3 is 0 Å². The summed E-state index contributed by atoms with van der Waals surface area (Å²) in [7, 11) is 0. The van der Waals surface area contributed by atoms with Crippen molar-refractivity contribution in [2.45, 2.75) is 71.2 Å². The van der Waals surface area contributed by atoms with Gasteiger partial charge in [0.25, 0.3) is 0 Å². The van der Waals surface area contributed by atoms with Gasteiger partial charge in [0.2, 0.25) is 6.79 Å².